The van der Waals surface area contributed by atoms with Crippen molar-refractivity contribution in [3.8, 4) is 0 Å². The van der Waals surface area contributed by atoms with Crippen LogP contribution in [0.2, 0.25) is 0 Å². The lowest BCUT2D eigenvalue weighted by molar-refractivity contribution is -0.239. The molecule has 0 unspecified atom stereocenters. The summed E-state index contributed by atoms with van der Waals surface area (Å²) in [4.78, 5) is 38.2. The minimum atomic E-state index is -2.12. The third-order valence-corrected chi connectivity index (χ3v) is 8.91. The van der Waals surface area contributed by atoms with E-state index < -0.39 is 87.9 Å². The third kappa shape index (κ3) is 1.35. The molecule has 4 heterocycles. The van der Waals surface area contributed by atoms with E-state index in [0.717, 1.165) is 0 Å². The Morgan fingerprint density at radius 2 is 1.70 bits per heavy atom. The van der Waals surface area contributed by atoms with Gasteiger partial charge in [-0.25, -0.2) is 9.59 Å². The molecule has 6 rings (SSSR count). The molecule has 0 aromatic carbocycles. The van der Waals surface area contributed by atoms with E-state index in [4.69, 9.17) is 18.9 Å². The minimum absolute atomic E-state index is 0.107. The van der Waals surface area contributed by atoms with Crippen LogP contribution in [-0.2, 0) is 33.3 Å². The largest absolute Gasteiger partial charge is 0.459 e. The molecule has 6 fully saturated rings. The number of hydrogen-bond acceptors (Lipinski definition) is 10. The average Bonchev–Trinajstić information content (AvgIpc) is 3.32. The van der Waals surface area contributed by atoms with Gasteiger partial charge in [0.25, 0.3) is 0 Å². The van der Waals surface area contributed by atoms with E-state index in [-0.39, 0.29) is 6.42 Å². The molecule has 4 saturated heterocycles. The molecule has 30 heavy (non-hydrogen) atoms. The van der Waals surface area contributed by atoms with E-state index in [0.29, 0.717) is 0 Å². The summed E-state index contributed by atoms with van der Waals surface area (Å²) in [7, 11) is 0. The SMILES string of the molecule is C[C@H]1C(=O)O[C@H]2C[C@]34[C@@H]5OC(=O)[C@]3(O[C@@H]3OC(=O)[C@H](O)[C@]34[C@H](C(C)(C)C)[C@H]5O)[C@]21O. The summed E-state index contributed by atoms with van der Waals surface area (Å²) in [5.74, 6) is -4.43. The molecule has 0 amide bonds. The molecular formula is C20H24O10. The summed E-state index contributed by atoms with van der Waals surface area (Å²) in [5, 5.41) is 34.4. The molecule has 4 aliphatic heterocycles. The maximum Gasteiger partial charge on any atom is 0.342 e. The van der Waals surface area contributed by atoms with Gasteiger partial charge in [0, 0.05) is 12.3 Å². The van der Waals surface area contributed by atoms with Crippen LogP contribution in [0, 0.1) is 28.1 Å². The number of fused-ring (bicyclic) bond motifs is 1. The number of aliphatic hydroxyl groups is 3. The Morgan fingerprint density at radius 1 is 1.03 bits per heavy atom. The molecule has 10 nitrogen and oxygen atoms in total. The van der Waals surface area contributed by atoms with E-state index in [1.807, 2.05) is 20.8 Å². The van der Waals surface area contributed by atoms with Crippen LogP contribution < -0.4 is 0 Å². The van der Waals surface area contributed by atoms with Crippen molar-refractivity contribution >= 4 is 17.9 Å². The molecule has 0 bridgehead atoms. The maximum absolute atomic E-state index is 13.4. The van der Waals surface area contributed by atoms with Gasteiger partial charge in [-0.2, -0.15) is 0 Å². The fraction of sp³-hybridized carbons (Fsp3) is 0.850. The van der Waals surface area contributed by atoms with Gasteiger partial charge in [0.1, 0.15) is 12.2 Å². The Balaban J connectivity index is 1.71. The number of esters is 3. The van der Waals surface area contributed by atoms with Gasteiger partial charge in [0.15, 0.2) is 11.7 Å². The topological polar surface area (TPSA) is 149 Å². The van der Waals surface area contributed by atoms with Gasteiger partial charge >= 0.3 is 17.9 Å². The predicted octanol–water partition coefficient (Wildman–Crippen LogP) is -1.37. The average molecular weight is 424 g/mol. The van der Waals surface area contributed by atoms with Crippen molar-refractivity contribution in [2.45, 2.75) is 76.0 Å². The zero-order valence-corrected chi connectivity index (χ0v) is 16.9. The van der Waals surface area contributed by atoms with Gasteiger partial charge in [0.2, 0.25) is 11.9 Å². The molecule has 2 saturated carbocycles. The van der Waals surface area contributed by atoms with Gasteiger partial charge in [-0.05, 0) is 12.3 Å². The number of carbonyl (C=O) groups is 3. The monoisotopic (exact) mass is 424 g/mol. The highest BCUT2D eigenvalue weighted by molar-refractivity contribution is 5.93. The summed E-state index contributed by atoms with van der Waals surface area (Å²) in [6.07, 6.45) is -6.73. The van der Waals surface area contributed by atoms with Crippen LogP contribution in [-0.4, -0.2) is 75.1 Å². The number of hydrogen-bond donors (Lipinski definition) is 3. The van der Waals surface area contributed by atoms with Crippen molar-refractivity contribution in [2.75, 3.05) is 0 Å². The second-order valence-corrected chi connectivity index (χ2v) is 10.7. The van der Waals surface area contributed by atoms with Crippen molar-refractivity contribution in [3.05, 3.63) is 0 Å². The molecule has 0 aromatic rings. The zero-order chi connectivity index (χ0) is 21.8. The first-order valence-electron chi connectivity index (χ1n) is 10.2. The van der Waals surface area contributed by atoms with E-state index in [1.165, 1.54) is 6.92 Å². The van der Waals surface area contributed by atoms with Crippen molar-refractivity contribution in [1.29, 1.82) is 0 Å². The molecule has 0 radical (unpaired) electrons. The first-order valence-corrected chi connectivity index (χ1v) is 10.2. The van der Waals surface area contributed by atoms with Crippen LogP contribution in [0.5, 0.6) is 0 Å². The van der Waals surface area contributed by atoms with Gasteiger partial charge in [-0.15, -0.1) is 0 Å². The van der Waals surface area contributed by atoms with Gasteiger partial charge in [0.05, 0.1) is 22.9 Å². The first-order chi connectivity index (χ1) is 13.8. The molecule has 11 atom stereocenters. The Morgan fingerprint density at radius 3 is 2.33 bits per heavy atom. The summed E-state index contributed by atoms with van der Waals surface area (Å²) in [5.41, 5.74) is -7.95. The highest BCUT2D eigenvalue weighted by Gasteiger charge is 3.02. The van der Waals surface area contributed by atoms with Gasteiger partial charge < -0.3 is 34.3 Å². The Hall–Kier alpha value is -1.75. The van der Waals surface area contributed by atoms with Crippen LogP contribution in [0.1, 0.15) is 34.1 Å². The summed E-state index contributed by atoms with van der Waals surface area (Å²) in [6, 6.07) is 0. The van der Waals surface area contributed by atoms with E-state index in [1.54, 1.807) is 0 Å². The summed E-state index contributed by atoms with van der Waals surface area (Å²) in [6.45, 7) is 6.97. The van der Waals surface area contributed by atoms with E-state index in [9.17, 15) is 29.7 Å². The molecule has 10 heteroatoms. The van der Waals surface area contributed by atoms with Crippen molar-refractivity contribution < 1.29 is 48.7 Å². The standard InChI is InChI=1S/C20H24O10/c1-6-12(23)27-7-5-17-11-8(21)9(16(2,3)4)18(17)10(22)13(24)29-15(18)30-20(17,14(25)28-11)19(6,7)26/h6-11,15,21-22,26H,5H2,1-4H3/t6-,7-,8+,9-,10-,11+,15-,17+,18+,19+,20+/m0/s1. The van der Waals surface area contributed by atoms with Crippen molar-refractivity contribution in [1.82, 2.24) is 0 Å². The zero-order valence-electron chi connectivity index (χ0n) is 16.9. The molecule has 2 spiro atoms. The second-order valence-electron chi connectivity index (χ2n) is 10.7. The number of aliphatic hydroxyl groups excluding tert-OH is 2. The fourth-order valence-electron chi connectivity index (χ4n) is 8.22. The van der Waals surface area contributed by atoms with Gasteiger partial charge in [-0.3, -0.25) is 4.79 Å². The van der Waals surface area contributed by atoms with Crippen LogP contribution in [0.3, 0.4) is 0 Å². The van der Waals surface area contributed by atoms with Crippen molar-refractivity contribution in [3.63, 3.8) is 0 Å². The Bertz CT molecular complexity index is 925. The highest BCUT2D eigenvalue weighted by atomic mass is 16.8. The molecule has 2 aliphatic carbocycles. The smallest absolute Gasteiger partial charge is 0.342 e. The second kappa shape index (κ2) is 4.69. The van der Waals surface area contributed by atoms with E-state index in [2.05, 4.69) is 0 Å². The lowest BCUT2D eigenvalue weighted by atomic mass is 9.51. The van der Waals surface area contributed by atoms with Gasteiger partial charge in [-0.1, -0.05) is 20.8 Å². The molecule has 0 aromatic heterocycles. The lowest BCUT2D eigenvalue weighted by Gasteiger charge is -2.46. The third-order valence-electron chi connectivity index (χ3n) is 8.91. The predicted molar refractivity (Wildman–Crippen MR) is 92.0 cm³/mol. The van der Waals surface area contributed by atoms with Crippen LogP contribution >= 0.6 is 0 Å². The van der Waals surface area contributed by atoms with Crippen LogP contribution in [0.15, 0.2) is 0 Å². The molecule has 6 aliphatic rings. The summed E-state index contributed by atoms with van der Waals surface area (Å²) >= 11 is 0. The number of ether oxygens (including phenoxy) is 4. The fourth-order valence-corrected chi connectivity index (χ4v) is 8.22. The lowest BCUT2D eigenvalue weighted by Crippen LogP contribution is -2.66. The van der Waals surface area contributed by atoms with Crippen LogP contribution in [0.4, 0.5) is 0 Å². The quantitative estimate of drug-likeness (QED) is 0.314. The van der Waals surface area contributed by atoms with E-state index >= 15 is 0 Å². The molecule has 3 N–H and O–H groups in total. The summed E-state index contributed by atoms with van der Waals surface area (Å²) < 4.78 is 22.6. The minimum Gasteiger partial charge on any atom is -0.459 e. The number of carbonyl (C=O) groups excluding carboxylic acids is 3. The van der Waals surface area contributed by atoms with Crippen molar-refractivity contribution in [2.24, 2.45) is 28.1 Å². The highest BCUT2D eigenvalue weighted by Crippen LogP contribution is 2.84. The Kier molecular flexibility index (Phi) is 2.97. The van der Waals surface area contributed by atoms with Crippen LogP contribution in [0.25, 0.3) is 0 Å². The number of rotatable bonds is 0. The Labute approximate surface area is 171 Å². The molecule has 164 valence electrons. The molecular weight excluding hydrogens is 400 g/mol. The normalized spacial score (nSPS) is 60.1. The maximum atomic E-state index is 13.4. The first kappa shape index (κ1) is 19.0.